The molecule has 3 heteroatoms. The van der Waals surface area contributed by atoms with Crippen molar-refractivity contribution in [1.29, 1.82) is 0 Å². The molecule has 1 aromatic carbocycles. The smallest absolute Gasteiger partial charge is 0.116 e. The molecular weight excluding hydrogens is 236 g/mol. The fourth-order valence-corrected chi connectivity index (χ4v) is 2.31. The average molecular weight is 247 g/mol. The van der Waals surface area contributed by atoms with Crippen molar-refractivity contribution in [2.45, 2.75) is 24.0 Å². The van der Waals surface area contributed by atoms with Crippen LogP contribution in [-0.4, -0.2) is 10.4 Å². The molecular formula is C9H11BrOS. The standard InChI is InChI=1S/C9H11BrOS/c1-6(2)12-9-4-3-7(11)5-8(9)10/h3-6,11H,1-2H3. The van der Waals surface area contributed by atoms with Gasteiger partial charge >= 0.3 is 0 Å². The van der Waals surface area contributed by atoms with Crippen LogP contribution in [0.15, 0.2) is 27.6 Å². The molecule has 0 aliphatic heterocycles. The molecule has 0 aliphatic carbocycles. The maximum atomic E-state index is 9.13. The number of rotatable bonds is 2. The molecule has 0 saturated carbocycles. The van der Waals surface area contributed by atoms with E-state index in [1.807, 2.05) is 6.07 Å². The van der Waals surface area contributed by atoms with E-state index in [0.29, 0.717) is 11.0 Å². The van der Waals surface area contributed by atoms with Crippen molar-refractivity contribution in [2.75, 3.05) is 0 Å². The van der Waals surface area contributed by atoms with Gasteiger partial charge in [0.1, 0.15) is 5.75 Å². The Morgan fingerprint density at radius 1 is 1.42 bits per heavy atom. The van der Waals surface area contributed by atoms with E-state index >= 15 is 0 Å². The van der Waals surface area contributed by atoms with Gasteiger partial charge in [0.2, 0.25) is 0 Å². The monoisotopic (exact) mass is 246 g/mol. The minimum atomic E-state index is 0.301. The molecule has 12 heavy (non-hydrogen) atoms. The van der Waals surface area contributed by atoms with Crippen LogP contribution in [0, 0.1) is 0 Å². The summed E-state index contributed by atoms with van der Waals surface area (Å²) in [5.74, 6) is 0.301. The number of hydrogen-bond acceptors (Lipinski definition) is 2. The summed E-state index contributed by atoms with van der Waals surface area (Å²) in [6, 6.07) is 5.34. The Morgan fingerprint density at radius 2 is 2.08 bits per heavy atom. The Kier molecular flexibility index (Phi) is 3.47. The molecule has 0 fully saturated rings. The first-order chi connectivity index (χ1) is 5.59. The van der Waals surface area contributed by atoms with Crippen molar-refractivity contribution in [3.63, 3.8) is 0 Å². The van der Waals surface area contributed by atoms with E-state index < -0.39 is 0 Å². The summed E-state index contributed by atoms with van der Waals surface area (Å²) < 4.78 is 0.959. The van der Waals surface area contributed by atoms with Crippen molar-refractivity contribution in [2.24, 2.45) is 0 Å². The number of phenolic OH excluding ortho intramolecular Hbond substituents is 1. The number of halogens is 1. The lowest BCUT2D eigenvalue weighted by molar-refractivity contribution is 0.474. The van der Waals surface area contributed by atoms with E-state index in [9.17, 15) is 0 Å². The van der Waals surface area contributed by atoms with Crippen LogP contribution in [0.2, 0.25) is 0 Å². The van der Waals surface area contributed by atoms with E-state index in [0.717, 1.165) is 4.47 Å². The Balaban J connectivity index is 2.86. The van der Waals surface area contributed by atoms with Crippen molar-refractivity contribution in [3.8, 4) is 5.75 Å². The second-order valence-corrected chi connectivity index (χ2v) is 5.25. The van der Waals surface area contributed by atoms with E-state index in [2.05, 4.69) is 29.8 Å². The first-order valence-electron chi connectivity index (χ1n) is 3.75. The Hall–Kier alpha value is -0.150. The molecule has 1 rings (SSSR count). The van der Waals surface area contributed by atoms with Gasteiger partial charge in [-0.25, -0.2) is 0 Å². The first-order valence-corrected chi connectivity index (χ1v) is 5.42. The summed E-state index contributed by atoms with van der Waals surface area (Å²) in [5.41, 5.74) is 0. The summed E-state index contributed by atoms with van der Waals surface area (Å²) in [6.45, 7) is 4.29. The normalized spacial score (nSPS) is 10.7. The SMILES string of the molecule is CC(C)Sc1ccc(O)cc1Br. The van der Waals surface area contributed by atoms with Gasteiger partial charge < -0.3 is 5.11 Å². The van der Waals surface area contributed by atoms with Gasteiger partial charge in [0.05, 0.1) is 0 Å². The van der Waals surface area contributed by atoms with Crippen LogP contribution in [0.1, 0.15) is 13.8 Å². The molecule has 0 amide bonds. The molecule has 0 heterocycles. The highest BCUT2D eigenvalue weighted by atomic mass is 79.9. The molecule has 1 N–H and O–H groups in total. The quantitative estimate of drug-likeness (QED) is 0.805. The average Bonchev–Trinajstić information content (AvgIpc) is 1.94. The van der Waals surface area contributed by atoms with Gasteiger partial charge in [-0.1, -0.05) is 13.8 Å². The van der Waals surface area contributed by atoms with Gasteiger partial charge in [0, 0.05) is 14.6 Å². The number of benzene rings is 1. The van der Waals surface area contributed by atoms with Gasteiger partial charge in [-0.15, -0.1) is 11.8 Å². The van der Waals surface area contributed by atoms with Crippen LogP contribution in [-0.2, 0) is 0 Å². The fourth-order valence-electron chi connectivity index (χ4n) is 0.839. The van der Waals surface area contributed by atoms with Crippen LogP contribution in [0.3, 0.4) is 0 Å². The van der Waals surface area contributed by atoms with Crippen molar-refractivity contribution >= 4 is 27.7 Å². The summed E-state index contributed by atoms with van der Waals surface area (Å²) in [6.07, 6.45) is 0. The van der Waals surface area contributed by atoms with Gasteiger partial charge in [0.25, 0.3) is 0 Å². The lowest BCUT2D eigenvalue weighted by Gasteiger charge is -2.06. The van der Waals surface area contributed by atoms with Crippen LogP contribution in [0.5, 0.6) is 5.75 Å². The maximum absolute atomic E-state index is 9.13. The highest BCUT2D eigenvalue weighted by Crippen LogP contribution is 2.32. The molecule has 0 radical (unpaired) electrons. The molecule has 0 bridgehead atoms. The maximum Gasteiger partial charge on any atom is 0.116 e. The second kappa shape index (κ2) is 4.19. The minimum absolute atomic E-state index is 0.301. The Labute approximate surface area is 85.3 Å². The highest BCUT2D eigenvalue weighted by molar-refractivity contribution is 9.10. The molecule has 0 saturated heterocycles. The third-order valence-corrected chi connectivity index (χ3v) is 3.28. The summed E-state index contributed by atoms with van der Waals surface area (Å²) in [4.78, 5) is 1.17. The van der Waals surface area contributed by atoms with Crippen LogP contribution in [0.25, 0.3) is 0 Å². The second-order valence-electron chi connectivity index (χ2n) is 2.78. The zero-order chi connectivity index (χ0) is 9.14. The molecule has 1 aromatic rings. The number of phenols is 1. The van der Waals surface area contributed by atoms with Gasteiger partial charge in [-0.3, -0.25) is 0 Å². The van der Waals surface area contributed by atoms with Gasteiger partial charge in [-0.2, -0.15) is 0 Å². The zero-order valence-electron chi connectivity index (χ0n) is 7.04. The predicted molar refractivity (Wildman–Crippen MR) is 56.8 cm³/mol. The molecule has 0 unspecified atom stereocenters. The largest absolute Gasteiger partial charge is 0.508 e. The lowest BCUT2D eigenvalue weighted by atomic mass is 10.3. The molecule has 0 atom stereocenters. The topological polar surface area (TPSA) is 20.2 Å². The third kappa shape index (κ3) is 2.72. The molecule has 66 valence electrons. The van der Waals surface area contributed by atoms with Crippen LogP contribution in [0.4, 0.5) is 0 Å². The van der Waals surface area contributed by atoms with Gasteiger partial charge in [0.15, 0.2) is 0 Å². The van der Waals surface area contributed by atoms with E-state index in [4.69, 9.17) is 5.11 Å². The summed E-state index contributed by atoms with van der Waals surface area (Å²) >= 11 is 5.17. The Morgan fingerprint density at radius 3 is 2.58 bits per heavy atom. The number of thioether (sulfide) groups is 1. The Bertz CT molecular complexity index is 273. The molecule has 0 aromatic heterocycles. The zero-order valence-corrected chi connectivity index (χ0v) is 9.45. The number of hydrogen-bond donors (Lipinski definition) is 1. The highest BCUT2D eigenvalue weighted by Gasteiger charge is 2.03. The van der Waals surface area contributed by atoms with Gasteiger partial charge in [-0.05, 0) is 34.1 Å². The fraction of sp³-hybridized carbons (Fsp3) is 0.333. The van der Waals surface area contributed by atoms with Crippen molar-refractivity contribution in [3.05, 3.63) is 22.7 Å². The molecule has 0 aliphatic rings. The van der Waals surface area contributed by atoms with Crippen LogP contribution < -0.4 is 0 Å². The number of aromatic hydroxyl groups is 1. The van der Waals surface area contributed by atoms with Crippen LogP contribution >= 0.6 is 27.7 Å². The lowest BCUT2D eigenvalue weighted by Crippen LogP contribution is -1.86. The molecule has 1 nitrogen and oxygen atoms in total. The first kappa shape index (κ1) is 9.93. The minimum Gasteiger partial charge on any atom is -0.508 e. The third-order valence-electron chi connectivity index (χ3n) is 1.28. The van der Waals surface area contributed by atoms with Crippen molar-refractivity contribution in [1.82, 2.24) is 0 Å². The predicted octanol–water partition coefficient (Wildman–Crippen LogP) is 3.66. The molecule has 0 spiro atoms. The van der Waals surface area contributed by atoms with Crippen molar-refractivity contribution < 1.29 is 5.11 Å². The summed E-state index contributed by atoms with van der Waals surface area (Å²) in [5, 5.41) is 9.69. The summed E-state index contributed by atoms with van der Waals surface area (Å²) in [7, 11) is 0. The van der Waals surface area contributed by atoms with E-state index in [1.165, 1.54) is 4.90 Å². The van der Waals surface area contributed by atoms with E-state index in [-0.39, 0.29) is 0 Å². The van der Waals surface area contributed by atoms with E-state index in [1.54, 1.807) is 23.9 Å².